The van der Waals surface area contributed by atoms with Crippen molar-refractivity contribution >= 4 is 12.0 Å². The van der Waals surface area contributed by atoms with Crippen molar-refractivity contribution in [2.45, 2.75) is 45.8 Å². The Morgan fingerprint density at radius 1 is 1.17 bits per heavy atom. The number of ether oxygens (including phenoxy) is 3. The summed E-state index contributed by atoms with van der Waals surface area (Å²) >= 11 is 0. The van der Waals surface area contributed by atoms with E-state index in [2.05, 4.69) is 13.8 Å². The van der Waals surface area contributed by atoms with Crippen LogP contribution >= 0.6 is 0 Å². The van der Waals surface area contributed by atoms with E-state index >= 15 is 0 Å². The van der Waals surface area contributed by atoms with Crippen LogP contribution in [0.1, 0.15) is 45.1 Å². The second kappa shape index (κ2) is 10.8. The number of esters is 1. The van der Waals surface area contributed by atoms with Gasteiger partial charge < -0.3 is 14.2 Å². The Kier molecular flexibility index (Phi) is 9.07. The van der Waals surface area contributed by atoms with Crippen molar-refractivity contribution in [3.8, 4) is 5.75 Å². The van der Waals surface area contributed by atoms with Gasteiger partial charge in [0.15, 0.2) is 0 Å². The molecule has 0 aromatic heterocycles. The first-order chi connectivity index (χ1) is 11.1. The van der Waals surface area contributed by atoms with Gasteiger partial charge in [-0.1, -0.05) is 38.8 Å². The van der Waals surface area contributed by atoms with Crippen LogP contribution in [0.5, 0.6) is 5.75 Å². The maximum absolute atomic E-state index is 12.0. The maximum Gasteiger partial charge on any atom is 0.333 e. The van der Waals surface area contributed by atoms with Crippen LogP contribution in [-0.2, 0) is 14.3 Å². The van der Waals surface area contributed by atoms with Gasteiger partial charge in [-0.25, -0.2) is 4.79 Å². The third kappa shape index (κ3) is 6.87. The van der Waals surface area contributed by atoms with E-state index in [1.54, 1.807) is 20.3 Å². The third-order valence-electron chi connectivity index (χ3n) is 3.83. The fraction of sp³-hybridized carbons (Fsp3) is 0.526. The molecule has 0 N–H and O–H groups in total. The molecule has 2 atom stereocenters. The van der Waals surface area contributed by atoms with Crippen LogP contribution in [0, 0.1) is 5.92 Å². The van der Waals surface area contributed by atoms with E-state index in [4.69, 9.17) is 14.2 Å². The highest BCUT2D eigenvalue weighted by molar-refractivity contribution is 5.87. The third-order valence-corrected chi connectivity index (χ3v) is 3.83. The molecule has 0 saturated heterocycles. The summed E-state index contributed by atoms with van der Waals surface area (Å²) in [4.78, 5) is 12.0. The van der Waals surface area contributed by atoms with Gasteiger partial charge in [0, 0.05) is 19.1 Å². The van der Waals surface area contributed by atoms with Crippen LogP contribution in [0.25, 0.3) is 6.08 Å². The molecule has 0 fully saturated rings. The highest BCUT2D eigenvalue weighted by Crippen LogP contribution is 2.20. The summed E-state index contributed by atoms with van der Waals surface area (Å²) in [6.07, 6.45) is 6.83. The summed E-state index contributed by atoms with van der Waals surface area (Å²) < 4.78 is 15.9. The van der Waals surface area contributed by atoms with Crippen LogP contribution < -0.4 is 4.74 Å². The fourth-order valence-electron chi connectivity index (χ4n) is 2.37. The summed E-state index contributed by atoms with van der Waals surface area (Å²) in [5.74, 6) is 0.631. The van der Waals surface area contributed by atoms with Gasteiger partial charge in [0.05, 0.1) is 7.11 Å². The van der Waals surface area contributed by atoms with Crippen LogP contribution in [0.4, 0.5) is 0 Å². The van der Waals surface area contributed by atoms with E-state index in [0.717, 1.165) is 37.0 Å². The lowest BCUT2D eigenvalue weighted by Crippen LogP contribution is -2.28. The Hall–Kier alpha value is -1.81. The minimum atomic E-state index is -0.487. The minimum Gasteiger partial charge on any atom is -0.497 e. The van der Waals surface area contributed by atoms with Gasteiger partial charge in [0.25, 0.3) is 0 Å². The molecule has 128 valence electrons. The van der Waals surface area contributed by atoms with Crippen molar-refractivity contribution < 1.29 is 19.0 Å². The van der Waals surface area contributed by atoms with Crippen LogP contribution in [-0.4, -0.2) is 26.5 Å². The summed E-state index contributed by atoms with van der Waals surface area (Å²) in [5.41, 5.74) is 0.912. The second-order valence-electron chi connectivity index (χ2n) is 5.46. The Bertz CT molecular complexity index is 479. The van der Waals surface area contributed by atoms with Gasteiger partial charge in [-0.15, -0.1) is 0 Å². The maximum atomic E-state index is 12.0. The second-order valence-corrected chi connectivity index (χ2v) is 5.46. The lowest BCUT2D eigenvalue weighted by molar-refractivity contribution is -0.179. The van der Waals surface area contributed by atoms with E-state index in [1.165, 1.54) is 6.08 Å². The van der Waals surface area contributed by atoms with E-state index < -0.39 is 6.29 Å². The molecule has 0 aliphatic carbocycles. The summed E-state index contributed by atoms with van der Waals surface area (Å²) in [7, 11) is 3.20. The Labute approximate surface area is 139 Å². The van der Waals surface area contributed by atoms with Crippen molar-refractivity contribution in [1.82, 2.24) is 0 Å². The summed E-state index contributed by atoms with van der Waals surface area (Å²) in [6.45, 7) is 4.24. The predicted molar refractivity (Wildman–Crippen MR) is 92.2 cm³/mol. The molecular formula is C19H28O4. The number of methoxy groups -OCH3 is 2. The quantitative estimate of drug-likeness (QED) is 0.363. The zero-order valence-corrected chi connectivity index (χ0v) is 14.6. The van der Waals surface area contributed by atoms with E-state index in [-0.39, 0.29) is 11.9 Å². The first-order valence-electron chi connectivity index (χ1n) is 8.20. The SMILES string of the molecule is CCCCC(CC)C(OC)OC(=O)C=Cc1ccc(OC)cc1. The number of unbranched alkanes of at least 4 members (excludes halogenated alkanes) is 1. The molecule has 4 heteroatoms. The molecule has 0 radical (unpaired) electrons. The molecule has 0 amide bonds. The standard InChI is InChI=1S/C19H28O4/c1-5-7-8-16(6-2)19(22-4)23-18(20)14-11-15-9-12-17(21-3)13-10-15/h9-14,16,19H,5-8H2,1-4H3. The number of benzene rings is 1. The lowest BCUT2D eigenvalue weighted by atomic mass is 9.99. The number of carbonyl (C=O) groups excluding carboxylic acids is 1. The fourth-order valence-corrected chi connectivity index (χ4v) is 2.37. The number of hydrogen-bond acceptors (Lipinski definition) is 4. The molecule has 23 heavy (non-hydrogen) atoms. The average molecular weight is 320 g/mol. The first-order valence-corrected chi connectivity index (χ1v) is 8.20. The molecule has 1 rings (SSSR count). The number of carbonyl (C=O) groups is 1. The zero-order valence-electron chi connectivity index (χ0n) is 14.6. The smallest absolute Gasteiger partial charge is 0.333 e. The molecule has 2 unspecified atom stereocenters. The van der Waals surface area contributed by atoms with Crippen molar-refractivity contribution in [2.24, 2.45) is 5.92 Å². The Morgan fingerprint density at radius 3 is 2.39 bits per heavy atom. The summed E-state index contributed by atoms with van der Waals surface area (Å²) in [6, 6.07) is 7.46. The molecule has 0 aliphatic rings. The molecular weight excluding hydrogens is 292 g/mol. The lowest BCUT2D eigenvalue weighted by Gasteiger charge is -2.24. The van der Waals surface area contributed by atoms with Crippen molar-refractivity contribution in [1.29, 1.82) is 0 Å². The van der Waals surface area contributed by atoms with Crippen LogP contribution in [0.2, 0.25) is 0 Å². The predicted octanol–water partition coefficient (Wildman–Crippen LogP) is 4.44. The Morgan fingerprint density at radius 2 is 1.87 bits per heavy atom. The van der Waals surface area contributed by atoms with Gasteiger partial charge >= 0.3 is 5.97 Å². The van der Waals surface area contributed by atoms with Gasteiger partial charge in [0.2, 0.25) is 6.29 Å². The molecule has 4 nitrogen and oxygen atoms in total. The van der Waals surface area contributed by atoms with Gasteiger partial charge in [-0.2, -0.15) is 0 Å². The van der Waals surface area contributed by atoms with E-state index in [0.29, 0.717) is 0 Å². The highest BCUT2D eigenvalue weighted by Gasteiger charge is 2.22. The summed E-state index contributed by atoms with van der Waals surface area (Å²) in [5, 5.41) is 0. The van der Waals surface area contributed by atoms with Crippen molar-refractivity contribution in [2.75, 3.05) is 14.2 Å². The van der Waals surface area contributed by atoms with Crippen LogP contribution in [0.3, 0.4) is 0 Å². The van der Waals surface area contributed by atoms with Gasteiger partial charge in [-0.05, 0) is 36.6 Å². The average Bonchev–Trinajstić information content (AvgIpc) is 2.59. The van der Waals surface area contributed by atoms with Crippen molar-refractivity contribution in [3.05, 3.63) is 35.9 Å². The van der Waals surface area contributed by atoms with Gasteiger partial charge in [0.1, 0.15) is 5.75 Å². The molecule has 0 heterocycles. The first kappa shape index (κ1) is 19.2. The zero-order chi connectivity index (χ0) is 17.1. The monoisotopic (exact) mass is 320 g/mol. The van der Waals surface area contributed by atoms with Crippen molar-refractivity contribution in [3.63, 3.8) is 0 Å². The molecule has 0 bridgehead atoms. The normalized spacial score (nSPS) is 13.7. The van der Waals surface area contributed by atoms with E-state index in [9.17, 15) is 4.79 Å². The largest absolute Gasteiger partial charge is 0.497 e. The molecule has 0 saturated carbocycles. The minimum absolute atomic E-state index is 0.235. The number of rotatable bonds is 10. The highest BCUT2D eigenvalue weighted by atomic mass is 16.7. The van der Waals surface area contributed by atoms with E-state index in [1.807, 2.05) is 24.3 Å². The molecule has 0 spiro atoms. The molecule has 0 aliphatic heterocycles. The molecule has 1 aromatic carbocycles. The topological polar surface area (TPSA) is 44.8 Å². The van der Waals surface area contributed by atoms with Crippen LogP contribution in [0.15, 0.2) is 30.3 Å². The molecule has 1 aromatic rings. The Balaban J connectivity index is 2.59. The number of hydrogen-bond donors (Lipinski definition) is 0. The van der Waals surface area contributed by atoms with Gasteiger partial charge in [-0.3, -0.25) is 0 Å².